The Kier molecular flexibility index (Phi) is 4.19. The van der Waals surface area contributed by atoms with E-state index in [1.54, 1.807) is 6.26 Å². The Hall–Kier alpha value is -0.980. The van der Waals surface area contributed by atoms with Crippen LogP contribution in [0, 0.1) is 5.41 Å². The van der Waals surface area contributed by atoms with E-state index in [9.17, 15) is 0 Å². The highest BCUT2D eigenvalue weighted by atomic mass is 16.3. The quantitative estimate of drug-likeness (QED) is 0.683. The van der Waals surface area contributed by atoms with E-state index in [0.29, 0.717) is 0 Å². The smallest absolute Gasteiger partial charge is 0.129 e. The predicted molar refractivity (Wildman–Crippen MR) is 65.7 cm³/mol. The Balaban J connectivity index is 2.84. The molecule has 0 amide bonds. The van der Waals surface area contributed by atoms with Gasteiger partial charge >= 0.3 is 0 Å². The summed E-state index contributed by atoms with van der Waals surface area (Å²) in [6.45, 7) is 8.89. The first-order valence-electron chi connectivity index (χ1n) is 5.78. The third-order valence-corrected chi connectivity index (χ3v) is 2.24. The summed E-state index contributed by atoms with van der Waals surface area (Å²) in [5.41, 5.74) is 1.56. The first kappa shape index (κ1) is 12.1. The van der Waals surface area contributed by atoms with Crippen molar-refractivity contribution in [2.24, 2.45) is 5.41 Å². The largest absolute Gasteiger partial charge is 0.465 e. The first-order valence-corrected chi connectivity index (χ1v) is 5.78. The predicted octanol–water partition coefficient (Wildman–Crippen LogP) is 4.90. The average Bonchev–Trinajstić information content (AvgIpc) is 2.63. The van der Waals surface area contributed by atoms with Crippen LogP contribution < -0.4 is 0 Å². The standard InChI is InChI=1S/C14H22O/c1-5-6-8-12(11-14(2,3)4)13-9-7-10-15-13/h7,9-11H,5-6,8H2,1-4H3/b12-11+. The van der Waals surface area contributed by atoms with Crippen molar-refractivity contribution >= 4 is 5.57 Å². The monoisotopic (exact) mass is 206 g/mol. The van der Waals surface area contributed by atoms with Gasteiger partial charge in [-0.3, -0.25) is 0 Å². The van der Waals surface area contributed by atoms with Gasteiger partial charge in [0.05, 0.1) is 6.26 Å². The van der Waals surface area contributed by atoms with Crippen molar-refractivity contribution in [3.63, 3.8) is 0 Å². The lowest BCUT2D eigenvalue weighted by molar-refractivity contribution is 0.528. The van der Waals surface area contributed by atoms with Crippen molar-refractivity contribution in [2.45, 2.75) is 47.0 Å². The van der Waals surface area contributed by atoms with Crippen LogP contribution in [0.1, 0.15) is 52.7 Å². The topological polar surface area (TPSA) is 13.1 Å². The zero-order chi connectivity index (χ0) is 11.3. The second-order valence-corrected chi connectivity index (χ2v) is 5.12. The van der Waals surface area contributed by atoms with Crippen LogP contribution in [0.15, 0.2) is 28.9 Å². The van der Waals surface area contributed by atoms with Gasteiger partial charge in [-0.1, -0.05) is 40.2 Å². The SMILES string of the molecule is CCCC/C(=C\C(C)(C)C)c1ccco1. The van der Waals surface area contributed by atoms with E-state index in [2.05, 4.69) is 33.8 Å². The van der Waals surface area contributed by atoms with Crippen molar-refractivity contribution in [3.05, 3.63) is 30.2 Å². The van der Waals surface area contributed by atoms with Crippen LogP contribution >= 0.6 is 0 Å². The summed E-state index contributed by atoms with van der Waals surface area (Å²) in [6, 6.07) is 4.00. The van der Waals surface area contributed by atoms with Crippen LogP contribution in [-0.4, -0.2) is 0 Å². The summed E-state index contributed by atoms with van der Waals surface area (Å²) in [5, 5.41) is 0. The number of unbranched alkanes of at least 4 members (excludes halogenated alkanes) is 1. The Bertz CT molecular complexity index is 299. The van der Waals surface area contributed by atoms with Gasteiger partial charge in [-0.2, -0.15) is 0 Å². The molecule has 1 heterocycles. The lowest BCUT2D eigenvalue weighted by Gasteiger charge is -2.15. The van der Waals surface area contributed by atoms with Gasteiger partial charge in [0.1, 0.15) is 5.76 Å². The lowest BCUT2D eigenvalue weighted by Crippen LogP contribution is -2.01. The van der Waals surface area contributed by atoms with Gasteiger partial charge in [0.2, 0.25) is 0 Å². The molecule has 0 saturated carbocycles. The number of hydrogen-bond acceptors (Lipinski definition) is 1. The Labute approximate surface area is 93.2 Å². The molecule has 0 saturated heterocycles. The highest BCUT2D eigenvalue weighted by molar-refractivity contribution is 5.61. The van der Waals surface area contributed by atoms with Crippen molar-refractivity contribution < 1.29 is 4.42 Å². The summed E-state index contributed by atoms with van der Waals surface area (Å²) in [7, 11) is 0. The van der Waals surface area contributed by atoms with Crippen molar-refractivity contribution in [1.82, 2.24) is 0 Å². The van der Waals surface area contributed by atoms with Gasteiger partial charge in [0.15, 0.2) is 0 Å². The molecule has 1 nitrogen and oxygen atoms in total. The van der Waals surface area contributed by atoms with Gasteiger partial charge in [-0.25, -0.2) is 0 Å². The first-order chi connectivity index (χ1) is 7.03. The van der Waals surface area contributed by atoms with Gasteiger partial charge < -0.3 is 4.42 Å². The molecule has 1 rings (SSSR count). The van der Waals surface area contributed by atoms with Crippen LogP contribution in [0.3, 0.4) is 0 Å². The molecule has 0 spiro atoms. The van der Waals surface area contributed by atoms with Crippen LogP contribution in [-0.2, 0) is 0 Å². The van der Waals surface area contributed by atoms with Crippen LogP contribution in [0.4, 0.5) is 0 Å². The average molecular weight is 206 g/mol. The Morgan fingerprint density at radius 3 is 2.60 bits per heavy atom. The summed E-state index contributed by atoms with van der Waals surface area (Å²) in [4.78, 5) is 0. The fourth-order valence-corrected chi connectivity index (χ4v) is 1.62. The molecule has 0 N–H and O–H groups in total. The van der Waals surface area contributed by atoms with E-state index < -0.39 is 0 Å². The zero-order valence-electron chi connectivity index (χ0n) is 10.3. The molecule has 0 bridgehead atoms. The molecule has 1 aromatic rings. The lowest BCUT2D eigenvalue weighted by atomic mass is 9.91. The van der Waals surface area contributed by atoms with Gasteiger partial charge in [0, 0.05) is 0 Å². The maximum Gasteiger partial charge on any atom is 0.129 e. The molecule has 0 aliphatic carbocycles. The van der Waals surface area contributed by atoms with E-state index in [4.69, 9.17) is 4.42 Å². The second kappa shape index (κ2) is 5.20. The van der Waals surface area contributed by atoms with Gasteiger partial charge in [-0.05, 0) is 36.0 Å². The number of allylic oxidation sites excluding steroid dienone is 2. The summed E-state index contributed by atoms with van der Waals surface area (Å²) < 4.78 is 5.47. The highest BCUT2D eigenvalue weighted by Crippen LogP contribution is 2.27. The molecule has 0 unspecified atom stereocenters. The van der Waals surface area contributed by atoms with Crippen molar-refractivity contribution in [1.29, 1.82) is 0 Å². The fraction of sp³-hybridized carbons (Fsp3) is 0.571. The minimum atomic E-state index is 0.218. The molecule has 0 aliphatic rings. The van der Waals surface area contributed by atoms with E-state index in [-0.39, 0.29) is 5.41 Å². The minimum Gasteiger partial charge on any atom is -0.465 e. The second-order valence-electron chi connectivity index (χ2n) is 5.12. The van der Waals surface area contributed by atoms with E-state index >= 15 is 0 Å². The van der Waals surface area contributed by atoms with Crippen LogP contribution in [0.2, 0.25) is 0 Å². The summed E-state index contributed by atoms with van der Waals surface area (Å²) in [5.74, 6) is 1.03. The normalized spacial score (nSPS) is 13.2. The molecular weight excluding hydrogens is 184 g/mol. The summed E-state index contributed by atoms with van der Waals surface area (Å²) in [6.07, 6.45) is 7.63. The molecule has 0 aliphatic heterocycles. The van der Waals surface area contributed by atoms with Gasteiger partial charge in [-0.15, -0.1) is 0 Å². The third-order valence-electron chi connectivity index (χ3n) is 2.24. The molecule has 0 fully saturated rings. The molecule has 1 heteroatoms. The van der Waals surface area contributed by atoms with E-state index in [1.165, 1.54) is 18.4 Å². The molecule has 0 aromatic carbocycles. The summed E-state index contributed by atoms with van der Waals surface area (Å²) >= 11 is 0. The zero-order valence-corrected chi connectivity index (χ0v) is 10.3. The molecule has 84 valence electrons. The molecule has 0 atom stereocenters. The van der Waals surface area contributed by atoms with Crippen LogP contribution in [0.5, 0.6) is 0 Å². The number of rotatable bonds is 4. The Morgan fingerprint density at radius 2 is 2.13 bits per heavy atom. The minimum absolute atomic E-state index is 0.218. The van der Waals surface area contributed by atoms with E-state index in [1.807, 2.05) is 12.1 Å². The highest BCUT2D eigenvalue weighted by Gasteiger charge is 2.11. The Morgan fingerprint density at radius 1 is 1.40 bits per heavy atom. The molecule has 15 heavy (non-hydrogen) atoms. The van der Waals surface area contributed by atoms with Crippen molar-refractivity contribution in [3.8, 4) is 0 Å². The fourth-order valence-electron chi connectivity index (χ4n) is 1.62. The van der Waals surface area contributed by atoms with Crippen molar-refractivity contribution in [2.75, 3.05) is 0 Å². The number of furan rings is 1. The molecule has 0 radical (unpaired) electrons. The molecule has 1 aromatic heterocycles. The maximum absolute atomic E-state index is 5.47. The molecular formula is C14H22O. The van der Waals surface area contributed by atoms with Gasteiger partial charge in [0.25, 0.3) is 0 Å². The third kappa shape index (κ3) is 4.37. The van der Waals surface area contributed by atoms with E-state index in [0.717, 1.165) is 12.2 Å². The number of hydrogen-bond donors (Lipinski definition) is 0. The van der Waals surface area contributed by atoms with Crippen LogP contribution in [0.25, 0.3) is 5.57 Å². The maximum atomic E-state index is 5.47.